The van der Waals surface area contributed by atoms with Crippen LogP contribution in [-0.2, 0) is 0 Å². The van der Waals surface area contributed by atoms with Crippen molar-refractivity contribution in [1.29, 1.82) is 0 Å². The van der Waals surface area contributed by atoms with Crippen LogP contribution in [0.25, 0.3) is 0 Å². The van der Waals surface area contributed by atoms with Crippen molar-refractivity contribution in [3.8, 4) is 5.75 Å². The molecule has 0 aliphatic carbocycles. The van der Waals surface area contributed by atoms with Crippen molar-refractivity contribution in [2.45, 2.75) is 26.7 Å². The highest BCUT2D eigenvalue weighted by atomic mass is 79.9. The lowest BCUT2D eigenvalue weighted by molar-refractivity contribution is 0.0950. The Morgan fingerprint density at radius 2 is 2.18 bits per heavy atom. The summed E-state index contributed by atoms with van der Waals surface area (Å²) in [7, 11) is 0. The van der Waals surface area contributed by atoms with Crippen LogP contribution in [0.15, 0.2) is 22.7 Å². The van der Waals surface area contributed by atoms with Gasteiger partial charge in [0, 0.05) is 11.0 Å². The quantitative estimate of drug-likeness (QED) is 0.820. The van der Waals surface area contributed by atoms with Gasteiger partial charge in [0.2, 0.25) is 0 Å². The topological polar surface area (TPSA) is 49.3 Å². The summed E-state index contributed by atoms with van der Waals surface area (Å²) < 4.78 is 0.780. The standard InChI is InChI=1S/C13H18BrNO2/c1-9(2)4-3-7-15-13(17)11-8-10(14)5-6-12(11)16/h5-6,8-9,16H,3-4,7H2,1-2H3,(H,15,17). The van der Waals surface area contributed by atoms with Crippen LogP contribution in [0.5, 0.6) is 5.75 Å². The molecule has 1 aromatic rings. The van der Waals surface area contributed by atoms with E-state index in [1.165, 1.54) is 6.07 Å². The third-order valence-electron chi connectivity index (χ3n) is 2.45. The lowest BCUT2D eigenvalue weighted by Crippen LogP contribution is -2.24. The first-order chi connectivity index (χ1) is 8.00. The normalized spacial score (nSPS) is 10.6. The van der Waals surface area contributed by atoms with Gasteiger partial charge in [-0.3, -0.25) is 4.79 Å². The van der Waals surface area contributed by atoms with Crippen LogP contribution in [0.2, 0.25) is 0 Å². The van der Waals surface area contributed by atoms with Gasteiger partial charge >= 0.3 is 0 Å². The second-order valence-electron chi connectivity index (χ2n) is 4.45. The van der Waals surface area contributed by atoms with Crippen LogP contribution < -0.4 is 5.32 Å². The molecule has 1 amide bonds. The van der Waals surface area contributed by atoms with E-state index >= 15 is 0 Å². The summed E-state index contributed by atoms with van der Waals surface area (Å²) in [5, 5.41) is 12.4. The number of rotatable bonds is 5. The minimum atomic E-state index is -0.229. The van der Waals surface area contributed by atoms with E-state index in [0.717, 1.165) is 17.3 Å². The fraction of sp³-hybridized carbons (Fsp3) is 0.462. The molecule has 3 nitrogen and oxygen atoms in total. The molecule has 4 heteroatoms. The van der Waals surface area contributed by atoms with Gasteiger partial charge in [0.25, 0.3) is 5.91 Å². The van der Waals surface area contributed by atoms with Crippen LogP contribution in [0.4, 0.5) is 0 Å². The van der Waals surface area contributed by atoms with E-state index in [4.69, 9.17) is 0 Å². The third kappa shape index (κ3) is 4.77. The number of halogens is 1. The first-order valence-corrected chi connectivity index (χ1v) is 6.56. The zero-order valence-corrected chi connectivity index (χ0v) is 11.8. The second-order valence-corrected chi connectivity index (χ2v) is 5.37. The largest absolute Gasteiger partial charge is 0.507 e. The molecular weight excluding hydrogens is 282 g/mol. The van der Waals surface area contributed by atoms with Crippen LogP contribution in [-0.4, -0.2) is 17.6 Å². The molecule has 0 aliphatic heterocycles. The summed E-state index contributed by atoms with van der Waals surface area (Å²) in [5.41, 5.74) is 0.309. The van der Waals surface area contributed by atoms with Gasteiger partial charge in [0.1, 0.15) is 5.75 Å². The van der Waals surface area contributed by atoms with Crippen LogP contribution in [0.1, 0.15) is 37.0 Å². The minimum Gasteiger partial charge on any atom is -0.507 e. The number of benzene rings is 1. The molecule has 0 aliphatic rings. The maximum absolute atomic E-state index is 11.8. The first kappa shape index (κ1) is 14.0. The van der Waals surface area contributed by atoms with Crippen molar-refractivity contribution in [2.75, 3.05) is 6.54 Å². The summed E-state index contributed by atoms with van der Waals surface area (Å²) in [5.74, 6) is 0.424. The van der Waals surface area contributed by atoms with Crippen molar-refractivity contribution < 1.29 is 9.90 Å². The molecule has 94 valence electrons. The van der Waals surface area contributed by atoms with E-state index in [9.17, 15) is 9.90 Å². The molecule has 0 fully saturated rings. The van der Waals surface area contributed by atoms with Gasteiger partial charge in [-0.05, 0) is 37.0 Å². The van der Waals surface area contributed by atoms with Crippen molar-refractivity contribution in [2.24, 2.45) is 5.92 Å². The number of nitrogens with one attached hydrogen (secondary N) is 1. The molecule has 0 saturated heterocycles. The summed E-state index contributed by atoms with van der Waals surface area (Å²) in [6.45, 7) is 4.95. The maximum Gasteiger partial charge on any atom is 0.255 e. The predicted octanol–water partition coefficient (Wildman–Crippen LogP) is 3.32. The van der Waals surface area contributed by atoms with Gasteiger partial charge in [0.05, 0.1) is 5.56 Å². The molecule has 0 spiro atoms. The van der Waals surface area contributed by atoms with Gasteiger partial charge in [-0.2, -0.15) is 0 Å². The second kappa shape index (κ2) is 6.64. The number of aromatic hydroxyl groups is 1. The fourth-order valence-corrected chi connectivity index (χ4v) is 1.86. The van der Waals surface area contributed by atoms with Crippen LogP contribution >= 0.6 is 15.9 Å². The van der Waals surface area contributed by atoms with Crippen molar-refractivity contribution >= 4 is 21.8 Å². The molecule has 2 N–H and O–H groups in total. The lowest BCUT2D eigenvalue weighted by atomic mass is 10.1. The van der Waals surface area contributed by atoms with Crippen molar-refractivity contribution in [1.82, 2.24) is 5.32 Å². The molecular formula is C13H18BrNO2. The number of phenolic OH excluding ortho intramolecular Hbond substituents is 1. The Morgan fingerprint density at radius 1 is 1.47 bits per heavy atom. The van der Waals surface area contributed by atoms with Crippen molar-refractivity contribution in [3.05, 3.63) is 28.2 Å². The molecule has 0 saturated carbocycles. The summed E-state index contributed by atoms with van der Waals surface area (Å²) >= 11 is 3.27. The fourth-order valence-electron chi connectivity index (χ4n) is 1.50. The number of carbonyl (C=O) groups is 1. The number of hydrogen-bond donors (Lipinski definition) is 2. The van der Waals surface area contributed by atoms with Gasteiger partial charge in [-0.1, -0.05) is 29.8 Å². The van der Waals surface area contributed by atoms with Crippen LogP contribution in [0.3, 0.4) is 0 Å². The van der Waals surface area contributed by atoms with E-state index in [1.807, 2.05) is 0 Å². The zero-order chi connectivity index (χ0) is 12.8. The number of carbonyl (C=O) groups excluding carboxylic acids is 1. The molecule has 17 heavy (non-hydrogen) atoms. The van der Waals surface area contributed by atoms with Crippen molar-refractivity contribution in [3.63, 3.8) is 0 Å². The molecule has 0 radical (unpaired) electrons. The molecule has 1 rings (SSSR count). The van der Waals surface area contributed by atoms with E-state index in [2.05, 4.69) is 35.1 Å². The Hall–Kier alpha value is -1.03. The van der Waals surface area contributed by atoms with E-state index < -0.39 is 0 Å². The monoisotopic (exact) mass is 299 g/mol. The Morgan fingerprint density at radius 3 is 2.82 bits per heavy atom. The number of hydrogen-bond acceptors (Lipinski definition) is 2. The summed E-state index contributed by atoms with van der Waals surface area (Å²) in [6, 6.07) is 4.82. The van der Waals surface area contributed by atoms with E-state index in [0.29, 0.717) is 18.0 Å². The highest BCUT2D eigenvalue weighted by molar-refractivity contribution is 9.10. The highest BCUT2D eigenvalue weighted by Gasteiger charge is 2.10. The average Bonchev–Trinajstić information content (AvgIpc) is 2.27. The molecule has 0 heterocycles. The molecule has 0 aromatic heterocycles. The van der Waals surface area contributed by atoms with Gasteiger partial charge in [-0.25, -0.2) is 0 Å². The summed E-state index contributed by atoms with van der Waals surface area (Å²) in [4.78, 5) is 11.8. The third-order valence-corrected chi connectivity index (χ3v) is 2.94. The number of amides is 1. The highest BCUT2D eigenvalue weighted by Crippen LogP contribution is 2.21. The van der Waals surface area contributed by atoms with E-state index in [1.54, 1.807) is 12.1 Å². The smallest absolute Gasteiger partial charge is 0.255 e. The first-order valence-electron chi connectivity index (χ1n) is 5.77. The van der Waals surface area contributed by atoms with Gasteiger partial charge < -0.3 is 10.4 Å². The van der Waals surface area contributed by atoms with E-state index in [-0.39, 0.29) is 11.7 Å². The zero-order valence-electron chi connectivity index (χ0n) is 10.2. The van der Waals surface area contributed by atoms with Gasteiger partial charge in [0.15, 0.2) is 0 Å². The Balaban J connectivity index is 2.49. The molecule has 0 atom stereocenters. The van der Waals surface area contributed by atoms with Crippen LogP contribution in [0, 0.1) is 5.92 Å². The maximum atomic E-state index is 11.8. The Kier molecular flexibility index (Phi) is 5.48. The van der Waals surface area contributed by atoms with Gasteiger partial charge in [-0.15, -0.1) is 0 Å². The molecule has 1 aromatic carbocycles. The Labute approximate surface area is 110 Å². The molecule has 0 unspecified atom stereocenters. The number of phenols is 1. The SMILES string of the molecule is CC(C)CCCNC(=O)c1cc(Br)ccc1O. The average molecular weight is 300 g/mol. The predicted molar refractivity (Wildman–Crippen MR) is 72.2 cm³/mol. The lowest BCUT2D eigenvalue weighted by Gasteiger charge is -2.08. The Bertz CT molecular complexity index is 391. The minimum absolute atomic E-state index is 0.00885. The summed E-state index contributed by atoms with van der Waals surface area (Å²) in [6.07, 6.45) is 2.04. The molecule has 0 bridgehead atoms.